The molecule has 9 heteroatoms. The molecule has 5 aliphatic rings. The first-order valence-electron chi connectivity index (χ1n) is 12.4. The van der Waals surface area contributed by atoms with Crippen LogP contribution >= 0.6 is 0 Å². The summed E-state index contributed by atoms with van der Waals surface area (Å²) in [5, 5.41) is 3.26. The highest BCUT2D eigenvalue weighted by molar-refractivity contribution is 7.80. The van der Waals surface area contributed by atoms with Gasteiger partial charge in [0.1, 0.15) is 11.4 Å². The Hall–Kier alpha value is -2.00. The summed E-state index contributed by atoms with van der Waals surface area (Å²) in [6, 6.07) is 4.22. The number of hydrogen-bond acceptors (Lipinski definition) is 4. The molecule has 6 rings (SSSR count). The predicted molar refractivity (Wildman–Crippen MR) is 125 cm³/mol. The maximum absolute atomic E-state index is 14.4. The van der Waals surface area contributed by atoms with Crippen LogP contribution in [-0.4, -0.2) is 32.2 Å². The molecule has 1 aromatic carbocycles. The van der Waals surface area contributed by atoms with Crippen molar-refractivity contribution in [2.75, 3.05) is 4.31 Å². The lowest BCUT2D eigenvalue weighted by atomic mass is 9.47. The topological polar surface area (TPSA) is 116 Å². The van der Waals surface area contributed by atoms with Crippen molar-refractivity contribution in [1.82, 2.24) is 5.32 Å². The van der Waals surface area contributed by atoms with Crippen LogP contribution in [0.4, 0.5) is 10.1 Å². The number of nitrogens with one attached hydrogen (secondary N) is 1. The number of nitrogens with zero attached hydrogens (tertiary/aromatic N) is 1. The zero-order chi connectivity index (χ0) is 24.3. The molecule has 34 heavy (non-hydrogen) atoms. The fraction of sp³-hybridized carbons (Fsp3) is 0.680. The van der Waals surface area contributed by atoms with E-state index in [1.165, 1.54) is 6.07 Å². The first kappa shape index (κ1) is 23.7. The Morgan fingerprint density at radius 3 is 2.35 bits per heavy atom. The summed E-state index contributed by atoms with van der Waals surface area (Å²) in [7, 11) is 0. The zero-order valence-corrected chi connectivity index (χ0v) is 20.4. The van der Waals surface area contributed by atoms with Gasteiger partial charge >= 0.3 is 0 Å². The first-order chi connectivity index (χ1) is 16.1. The van der Waals surface area contributed by atoms with Gasteiger partial charge in [0.25, 0.3) is 0 Å². The van der Waals surface area contributed by atoms with E-state index in [0.29, 0.717) is 37.2 Å². The monoisotopic (exact) mass is 490 g/mol. The van der Waals surface area contributed by atoms with E-state index in [1.54, 1.807) is 19.1 Å². The number of halogens is 1. The second-order valence-corrected chi connectivity index (χ2v) is 12.0. The number of rotatable bonds is 6. The normalized spacial score (nSPS) is 34.4. The average Bonchev–Trinajstić information content (AvgIpc) is 2.78. The largest absolute Gasteiger partial charge is 0.755 e. The second kappa shape index (κ2) is 8.59. The van der Waals surface area contributed by atoms with E-state index < -0.39 is 28.0 Å². The van der Waals surface area contributed by atoms with Crippen molar-refractivity contribution < 1.29 is 22.7 Å². The molecule has 0 saturated heterocycles. The Balaban J connectivity index is 1.45. The number of aryl methyl sites for hydroxylation is 1. The van der Waals surface area contributed by atoms with Gasteiger partial charge in [-0.3, -0.25) is 18.1 Å². The fourth-order valence-electron chi connectivity index (χ4n) is 7.69. The first-order valence-corrected chi connectivity index (χ1v) is 13.4. The minimum atomic E-state index is -2.76. The number of carbonyl (C=O) groups excluding carboxylic acids is 2. The van der Waals surface area contributed by atoms with Gasteiger partial charge in [0.05, 0.1) is 5.69 Å². The fourth-order valence-corrected chi connectivity index (χ4v) is 8.53. The Kier molecular flexibility index (Phi) is 5.99. The Morgan fingerprint density at radius 1 is 1.15 bits per heavy atom. The molecule has 5 aliphatic carbocycles. The molecule has 2 amide bonds. The van der Waals surface area contributed by atoms with Gasteiger partial charge in [0.15, 0.2) is 0 Å². The van der Waals surface area contributed by atoms with E-state index in [0.717, 1.165) is 42.8 Å². The SMILES string of the molecule is Cc1ccc(N(S(=O)[O-])C2(C(=O)NC3C4CC5CC3CC(C(N)=O)(C5)C4)CCCCC2)cc1F. The lowest BCUT2D eigenvalue weighted by molar-refractivity contribution is -0.148. The number of nitrogens with two attached hydrogens (primary N) is 1. The maximum atomic E-state index is 14.4. The second-order valence-electron chi connectivity index (χ2n) is 11.2. The van der Waals surface area contributed by atoms with Crippen molar-refractivity contribution in [1.29, 1.82) is 0 Å². The molecule has 0 aliphatic heterocycles. The average molecular weight is 491 g/mol. The molecule has 3 unspecified atom stereocenters. The standard InChI is InChI=1S/C25H34FN3O4S/c1-15-5-6-19(11-20(15)26)29(34(32)33)25(7-3-2-4-8-25)23(31)28-21-17-9-16-10-18(21)14-24(12-16,13-17)22(27)30/h5-6,11,16-18,21H,2-4,7-10,12-14H2,1H3,(H2,27,30)(H,28,31)(H,32,33)/p-1. The van der Waals surface area contributed by atoms with Gasteiger partial charge in [0.2, 0.25) is 11.8 Å². The number of anilines is 1. The van der Waals surface area contributed by atoms with Crippen LogP contribution in [-0.2, 0) is 20.9 Å². The van der Waals surface area contributed by atoms with E-state index in [9.17, 15) is 22.7 Å². The van der Waals surface area contributed by atoms with Crippen molar-refractivity contribution in [3.8, 4) is 0 Å². The third kappa shape index (κ3) is 3.75. The summed E-state index contributed by atoms with van der Waals surface area (Å²) < 4.78 is 40.6. The van der Waals surface area contributed by atoms with E-state index in [-0.39, 0.29) is 35.4 Å². The van der Waals surface area contributed by atoms with E-state index in [2.05, 4.69) is 5.32 Å². The molecule has 0 heterocycles. The van der Waals surface area contributed by atoms with Crippen LogP contribution in [0.1, 0.15) is 69.8 Å². The zero-order valence-electron chi connectivity index (χ0n) is 19.6. The Labute approximate surface area is 202 Å². The van der Waals surface area contributed by atoms with Crippen molar-refractivity contribution in [2.24, 2.45) is 28.9 Å². The van der Waals surface area contributed by atoms with Gasteiger partial charge in [-0.25, -0.2) is 4.39 Å². The third-order valence-corrected chi connectivity index (χ3v) is 9.98. The quantitative estimate of drug-likeness (QED) is 0.596. The van der Waals surface area contributed by atoms with Gasteiger partial charge in [0, 0.05) is 22.7 Å². The molecule has 1 aromatic rings. The van der Waals surface area contributed by atoms with Gasteiger partial charge < -0.3 is 15.6 Å². The molecule has 0 aromatic heterocycles. The summed E-state index contributed by atoms with van der Waals surface area (Å²) in [5.41, 5.74) is 4.65. The van der Waals surface area contributed by atoms with Crippen LogP contribution in [0.25, 0.3) is 0 Å². The van der Waals surface area contributed by atoms with Crippen molar-refractivity contribution in [2.45, 2.75) is 82.7 Å². The van der Waals surface area contributed by atoms with Crippen LogP contribution in [0.3, 0.4) is 0 Å². The highest BCUT2D eigenvalue weighted by atomic mass is 32.2. The van der Waals surface area contributed by atoms with Gasteiger partial charge in [-0.05, 0) is 87.3 Å². The molecular formula is C25H33FN3O4S-. The lowest BCUT2D eigenvalue weighted by Gasteiger charge is -2.59. The molecule has 3 atom stereocenters. The lowest BCUT2D eigenvalue weighted by Crippen LogP contribution is -2.67. The molecule has 7 nitrogen and oxygen atoms in total. The molecule has 5 saturated carbocycles. The van der Waals surface area contributed by atoms with Crippen LogP contribution < -0.4 is 15.4 Å². The van der Waals surface area contributed by atoms with E-state index in [1.807, 2.05) is 0 Å². The summed E-state index contributed by atoms with van der Waals surface area (Å²) in [6.07, 6.45) is 7.29. The third-order valence-electron chi connectivity index (χ3n) is 9.12. The summed E-state index contributed by atoms with van der Waals surface area (Å²) >= 11 is -2.76. The van der Waals surface area contributed by atoms with Gasteiger partial charge in [-0.1, -0.05) is 25.3 Å². The van der Waals surface area contributed by atoms with Gasteiger partial charge in [-0.15, -0.1) is 0 Å². The van der Waals surface area contributed by atoms with Crippen molar-refractivity contribution in [3.63, 3.8) is 0 Å². The molecule has 4 bridgehead atoms. The molecule has 5 fully saturated rings. The molecule has 3 N–H and O–H groups in total. The number of amides is 2. The smallest absolute Gasteiger partial charge is 0.247 e. The number of primary amides is 1. The Morgan fingerprint density at radius 2 is 1.79 bits per heavy atom. The summed E-state index contributed by atoms with van der Waals surface area (Å²) in [4.78, 5) is 26.3. The molecule has 186 valence electrons. The summed E-state index contributed by atoms with van der Waals surface area (Å²) in [5.74, 6) is -0.226. The summed E-state index contributed by atoms with van der Waals surface area (Å²) in [6.45, 7) is 1.62. The van der Waals surface area contributed by atoms with Crippen LogP contribution in [0.15, 0.2) is 18.2 Å². The predicted octanol–water partition coefficient (Wildman–Crippen LogP) is 3.23. The van der Waals surface area contributed by atoms with Crippen LogP contribution in [0.2, 0.25) is 0 Å². The van der Waals surface area contributed by atoms with Gasteiger partial charge in [-0.2, -0.15) is 0 Å². The number of carbonyl (C=O) groups is 2. The van der Waals surface area contributed by atoms with Crippen LogP contribution in [0.5, 0.6) is 0 Å². The van der Waals surface area contributed by atoms with Crippen LogP contribution in [0, 0.1) is 35.9 Å². The maximum Gasteiger partial charge on any atom is 0.247 e. The highest BCUT2D eigenvalue weighted by Crippen LogP contribution is 2.60. The van der Waals surface area contributed by atoms with Crippen molar-refractivity contribution >= 4 is 28.8 Å². The number of benzene rings is 1. The van der Waals surface area contributed by atoms with Crippen molar-refractivity contribution in [3.05, 3.63) is 29.6 Å². The van der Waals surface area contributed by atoms with E-state index in [4.69, 9.17) is 5.73 Å². The van der Waals surface area contributed by atoms with E-state index >= 15 is 0 Å². The highest BCUT2D eigenvalue weighted by Gasteiger charge is 2.59. The molecule has 0 spiro atoms. The minimum Gasteiger partial charge on any atom is -0.755 e. The molecule has 0 radical (unpaired) electrons. The Bertz CT molecular complexity index is 1010. The minimum absolute atomic E-state index is 0.0907. The molecular weight excluding hydrogens is 457 g/mol. The number of hydrogen-bond donors (Lipinski definition) is 2.